The minimum absolute atomic E-state index is 0.0237. The molecule has 0 saturated heterocycles. The van der Waals surface area contributed by atoms with Crippen molar-refractivity contribution in [2.75, 3.05) is 6.61 Å². The maximum atomic E-state index is 13.4. The van der Waals surface area contributed by atoms with Crippen molar-refractivity contribution in [2.24, 2.45) is 35.5 Å². The molecular formula is C30H44O14S. The Labute approximate surface area is 261 Å². The first-order valence-electron chi connectivity index (χ1n) is 15.9. The van der Waals surface area contributed by atoms with E-state index in [2.05, 4.69) is 0 Å². The minimum Gasteiger partial charge on any atom is -0.481 e. The van der Waals surface area contributed by atoms with Crippen LogP contribution in [0.15, 0.2) is 0 Å². The first-order valence-corrected chi connectivity index (χ1v) is 17.5. The maximum Gasteiger partial charge on any atom is 0.310 e. The Morgan fingerprint density at radius 2 is 1.04 bits per heavy atom. The third-order valence-electron chi connectivity index (χ3n) is 10.4. The minimum atomic E-state index is -3.47. The summed E-state index contributed by atoms with van der Waals surface area (Å²) >= 11 is 0. The van der Waals surface area contributed by atoms with Gasteiger partial charge in [0.05, 0.1) is 52.8 Å². The lowest BCUT2D eigenvalue weighted by atomic mass is 9.74. The zero-order valence-corrected chi connectivity index (χ0v) is 26.0. The molecule has 0 aromatic carbocycles. The summed E-state index contributed by atoms with van der Waals surface area (Å²) in [5.74, 6) is -9.77. The smallest absolute Gasteiger partial charge is 0.310 e. The van der Waals surface area contributed by atoms with Gasteiger partial charge < -0.3 is 25.2 Å². The average Bonchev–Trinajstić information content (AvgIpc) is 3.01. The summed E-state index contributed by atoms with van der Waals surface area (Å²) < 4.78 is 32.5. The highest BCUT2D eigenvalue weighted by atomic mass is 32.2. The average molecular weight is 661 g/mol. The van der Waals surface area contributed by atoms with E-state index in [1.807, 2.05) is 0 Å². The maximum absolute atomic E-state index is 13.4. The second kappa shape index (κ2) is 15.2. The Morgan fingerprint density at radius 1 is 0.556 bits per heavy atom. The molecule has 4 aliphatic rings. The van der Waals surface area contributed by atoms with Crippen molar-refractivity contribution in [1.29, 1.82) is 0 Å². The topological polar surface area (TPSA) is 228 Å². The fraction of sp³-hybridized carbons (Fsp3) is 0.833. The molecule has 0 radical (unpaired) electrons. The van der Waals surface area contributed by atoms with Crippen molar-refractivity contribution in [3.63, 3.8) is 0 Å². The highest BCUT2D eigenvalue weighted by Crippen LogP contribution is 2.39. The van der Waals surface area contributed by atoms with Crippen LogP contribution in [-0.2, 0) is 48.3 Å². The van der Waals surface area contributed by atoms with Crippen LogP contribution in [0.1, 0.15) is 89.9 Å². The van der Waals surface area contributed by atoms with Gasteiger partial charge in [0.25, 0.3) is 0 Å². The van der Waals surface area contributed by atoms with Crippen LogP contribution in [-0.4, -0.2) is 88.0 Å². The number of hydrogen-bond acceptors (Lipinski definition) is 10. The molecule has 0 aromatic heterocycles. The van der Waals surface area contributed by atoms with Gasteiger partial charge in [0.15, 0.2) is 9.84 Å². The molecule has 6 unspecified atom stereocenters. The molecule has 0 spiro atoms. The van der Waals surface area contributed by atoms with E-state index in [4.69, 9.17) is 14.5 Å². The summed E-state index contributed by atoms with van der Waals surface area (Å²) in [7, 11) is -3.47. The highest BCUT2D eigenvalue weighted by molar-refractivity contribution is 7.92. The highest BCUT2D eigenvalue weighted by Gasteiger charge is 2.44. The molecule has 4 saturated carbocycles. The summed E-state index contributed by atoms with van der Waals surface area (Å²) in [6, 6.07) is 0. The van der Waals surface area contributed by atoms with E-state index in [0.717, 1.165) is 0 Å². The third kappa shape index (κ3) is 8.73. The van der Waals surface area contributed by atoms with E-state index in [-0.39, 0.29) is 44.3 Å². The van der Waals surface area contributed by atoms with Gasteiger partial charge in [0.1, 0.15) is 6.10 Å². The van der Waals surface area contributed by atoms with Gasteiger partial charge in [-0.2, -0.15) is 0 Å². The molecule has 6 atom stereocenters. The van der Waals surface area contributed by atoms with E-state index in [0.29, 0.717) is 64.2 Å². The number of carboxylic acids is 4. The number of sulfone groups is 1. The third-order valence-corrected chi connectivity index (χ3v) is 13.2. The number of aliphatic carboxylic acids is 4. The van der Waals surface area contributed by atoms with Crippen LogP contribution >= 0.6 is 0 Å². The molecule has 45 heavy (non-hydrogen) atoms. The van der Waals surface area contributed by atoms with Gasteiger partial charge in [0.2, 0.25) is 0 Å². The Bertz CT molecular complexity index is 1200. The summed E-state index contributed by atoms with van der Waals surface area (Å²) in [4.78, 5) is 69.7. The second-order valence-corrected chi connectivity index (χ2v) is 15.7. The number of carboxylic acid groups (broad SMARTS) is 4. The van der Waals surface area contributed by atoms with Gasteiger partial charge in [-0.1, -0.05) is 0 Å². The van der Waals surface area contributed by atoms with Crippen molar-refractivity contribution < 1.29 is 67.3 Å². The van der Waals surface area contributed by atoms with Crippen molar-refractivity contribution in [3.05, 3.63) is 0 Å². The van der Waals surface area contributed by atoms with Crippen LogP contribution < -0.4 is 0 Å². The molecule has 4 rings (SSSR count). The summed E-state index contributed by atoms with van der Waals surface area (Å²) in [5.41, 5.74) is 0. The molecule has 4 fully saturated rings. The lowest BCUT2D eigenvalue weighted by molar-refractivity contribution is -0.336. The van der Waals surface area contributed by atoms with Crippen LogP contribution in [0.5, 0.6) is 0 Å². The summed E-state index contributed by atoms with van der Waals surface area (Å²) in [6.07, 6.45) is 3.20. The van der Waals surface area contributed by atoms with Crippen molar-refractivity contribution in [3.8, 4) is 0 Å². The van der Waals surface area contributed by atoms with Crippen molar-refractivity contribution in [2.45, 2.75) is 113 Å². The van der Waals surface area contributed by atoms with Crippen LogP contribution in [0.25, 0.3) is 0 Å². The quantitative estimate of drug-likeness (QED) is 0.134. The Morgan fingerprint density at radius 3 is 1.56 bits per heavy atom. The second-order valence-electron chi connectivity index (χ2n) is 13.2. The number of esters is 1. The van der Waals surface area contributed by atoms with Gasteiger partial charge in [-0.3, -0.25) is 24.0 Å². The van der Waals surface area contributed by atoms with Crippen LogP contribution in [0, 0.1) is 35.5 Å². The van der Waals surface area contributed by atoms with Crippen LogP contribution in [0.3, 0.4) is 0 Å². The van der Waals surface area contributed by atoms with Gasteiger partial charge in [0, 0.05) is 0 Å². The number of hydrogen-bond donors (Lipinski definition) is 4. The van der Waals surface area contributed by atoms with Gasteiger partial charge in [-0.05, 0) is 95.8 Å². The van der Waals surface area contributed by atoms with Gasteiger partial charge in [-0.25, -0.2) is 18.2 Å². The van der Waals surface area contributed by atoms with Crippen molar-refractivity contribution >= 4 is 39.7 Å². The number of ether oxygens (including phenoxy) is 1. The molecule has 0 bridgehead atoms. The lowest BCUT2D eigenvalue weighted by Gasteiger charge is -2.35. The fourth-order valence-electron chi connectivity index (χ4n) is 7.59. The molecule has 254 valence electrons. The molecule has 0 amide bonds. The SMILES string of the molecule is O=C(O)C1CCC(COOC2CCC(S(=O)(=O)C3CCC(OC(=O)C4CCC(C(=O)O)CC4C(=O)O)CC3)CC2)C(C(=O)O)C1. The predicted octanol–water partition coefficient (Wildman–Crippen LogP) is 2.92. The van der Waals surface area contributed by atoms with Crippen LogP contribution in [0.4, 0.5) is 0 Å². The predicted molar refractivity (Wildman–Crippen MR) is 153 cm³/mol. The fourth-order valence-corrected chi connectivity index (χ4v) is 9.99. The standard InChI is InChI=1S/C30H44O14S/c31-26(32)16-1-2-18(24(13-16)28(35)36)15-42-44-20-6-10-22(11-7-20)45(40,41)21-8-4-19(5-9-21)43-30(39)23-12-3-17(27(33)34)14-25(23)29(37)38/h16-25H,1-15H2,(H,31,32)(H,33,34)(H,35,36)(H,37,38). The van der Waals surface area contributed by atoms with E-state index >= 15 is 0 Å². The van der Waals surface area contributed by atoms with Gasteiger partial charge >= 0.3 is 29.8 Å². The molecule has 0 aromatic rings. The molecule has 0 heterocycles. The Kier molecular flexibility index (Phi) is 11.9. The Hall–Kier alpha value is -2.78. The molecule has 0 aliphatic heterocycles. The first kappa shape index (κ1) is 35.1. The number of rotatable bonds is 12. The molecule has 4 N–H and O–H groups in total. The monoisotopic (exact) mass is 660 g/mol. The van der Waals surface area contributed by atoms with Gasteiger partial charge in [-0.15, -0.1) is 0 Å². The van der Waals surface area contributed by atoms with E-state index in [1.54, 1.807) is 0 Å². The zero-order valence-electron chi connectivity index (χ0n) is 25.2. The first-order chi connectivity index (χ1) is 21.3. The van der Waals surface area contributed by atoms with Crippen molar-refractivity contribution in [1.82, 2.24) is 0 Å². The van der Waals surface area contributed by atoms with E-state index in [1.165, 1.54) is 0 Å². The number of carbonyl (C=O) groups is 5. The van der Waals surface area contributed by atoms with E-state index < -0.39 is 85.9 Å². The summed E-state index contributed by atoms with van der Waals surface area (Å²) in [6.45, 7) is 0.0237. The lowest BCUT2D eigenvalue weighted by Crippen LogP contribution is -2.42. The summed E-state index contributed by atoms with van der Waals surface area (Å²) in [5, 5.41) is 36.4. The Balaban J connectivity index is 1.18. The number of carbonyl (C=O) groups excluding carboxylic acids is 1. The normalized spacial score (nSPS) is 36.0. The molecule has 14 nitrogen and oxygen atoms in total. The zero-order chi connectivity index (χ0) is 32.9. The molecule has 4 aliphatic carbocycles. The largest absolute Gasteiger partial charge is 0.481 e. The van der Waals surface area contributed by atoms with E-state index in [9.17, 15) is 52.8 Å². The molecular weight excluding hydrogens is 616 g/mol. The molecule has 15 heteroatoms. The van der Waals surface area contributed by atoms with Crippen LogP contribution in [0.2, 0.25) is 0 Å².